The summed E-state index contributed by atoms with van der Waals surface area (Å²) >= 11 is 0. The van der Waals surface area contributed by atoms with Gasteiger partial charge < -0.3 is 4.74 Å². The summed E-state index contributed by atoms with van der Waals surface area (Å²) in [6, 6.07) is 0. The van der Waals surface area contributed by atoms with Gasteiger partial charge in [0.2, 0.25) is 0 Å². The van der Waals surface area contributed by atoms with Crippen LogP contribution in [0.1, 0.15) is 20.8 Å². The van der Waals surface area contributed by atoms with Gasteiger partial charge in [0.25, 0.3) is 0 Å². The Morgan fingerprint density at radius 1 is 1.09 bits per heavy atom. The number of ether oxygens (including phenoxy) is 1. The van der Waals surface area contributed by atoms with Crippen molar-refractivity contribution >= 4 is 18.5 Å². The van der Waals surface area contributed by atoms with Gasteiger partial charge in [0, 0.05) is 18.7 Å². The third-order valence-corrected chi connectivity index (χ3v) is 2.39. The molecule has 0 aromatic rings. The van der Waals surface area contributed by atoms with Gasteiger partial charge in [-0.05, 0) is 20.8 Å². The van der Waals surface area contributed by atoms with E-state index in [9.17, 15) is 0 Å². The Kier molecular flexibility index (Phi) is 5.82. The molecule has 0 N–H and O–H groups in total. The summed E-state index contributed by atoms with van der Waals surface area (Å²) in [5, 5.41) is 0. The molecule has 0 saturated heterocycles. The topological polar surface area (TPSA) is 12.5 Å². The van der Waals surface area contributed by atoms with Crippen molar-refractivity contribution in [2.75, 3.05) is 7.11 Å². The van der Waals surface area contributed by atoms with Crippen LogP contribution < -0.4 is 0 Å². The molecular formula is C7H19NOP2. The maximum absolute atomic E-state index is 5.23. The fraction of sp³-hybridized carbons (Fsp3) is 1.00. The van der Waals surface area contributed by atoms with E-state index in [0.29, 0.717) is 11.6 Å². The smallest absolute Gasteiger partial charge is 0.108 e. The first-order valence-electron chi connectivity index (χ1n) is 3.82. The van der Waals surface area contributed by atoms with Crippen LogP contribution in [0.3, 0.4) is 0 Å². The maximum Gasteiger partial charge on any atom is 0.108 e. The lowest BCUT2D eigenvalue weighted by Gasteiger charge is -2.34. The van der Waals surface area contributed by atoms with E-state index >= 15 is 0 Å². The third-order valence-electron chi connectivity index (χ3n) is 1.70. The zero-order valence-corrected chi connectivity index (χ0v) is 10.1. The molecule has 0 aliphatic rings. The molecule has 4 heteroatoms. The summed E-state index contributed by atoms with van der Waals surface area (Å²) in [4.78, 5) is 2.26. The minimum Gasteiger partial charge on any atom is -0.367 e. The van der Waals surface area contributed by atoms with Crippen LogP contribution in [0, 0.1) is 0 Å². The van der Waals surface area contributed by atoms with Crippen LogP contribution >= 0.6 is 18.5 Å². The Bertz CT molecular complexity index is 101. The maximum atomic E-state index is 5.23. The van der Waals surface area contributed by atoms with Gasteiger partial charge in [-0.3, -0.25) is 4.90 Å². The number of hydrogen-bond donors (Lipinski definition) is 0. The first-order valence-corrected chi connectivity index (χ1v) is 5.15. The highest BCUT2D eigenvalue weighted by molar-refractivity contribution is 7.18. The molecule has 5 unspecified atom stereocenters. The molecule has 0 radical (unpaired) electrons. The van der Waals surface area contributed by atoms with Crippen molar-refractivity contribution in [2.45, 2.75) is 38.6 Å². The molecule has 11 heavy (non-hydrogen) atoms. The predicted octanol–water partition coefficient (Wildman–Crippen LogP) is 1.72. The summed E-state index contributed by atoms with van der Waals surface area (Å²) in [5.74, 6) is 0.884. The molecule has 0 fully saturated rings. The molecular weight excluding hydrogens is 176 g/mol. The van der Waals surface area contributed by atoms with Crippen LogP contribution in [-0.2, 0) is 4.74 Å². The van der Waals surface area contributed by atoms with E-state index in [-0.39, 0.29) is 6.23 Å². The molecule has 2 nitrogen and oxygen atoms in total. The lowest BCUT2D eigenvalue weighted by atomic mass is 10.4. The highest BCUT2D eigenvalue weighted by Gasteiger charge is 2.19. The highest BCUT2D eigenvalue weighted by atomic mass is 31.0. The van der Waals surface area contributed by atoms with Crippen LogP contribution in [0.15, 0.2) is 0 Å². The van der Waals surface area contributed by atoms with Gasteiger partial charge in [0.1, 0.15) is 6.23 Å². The van der Waals surface area contributed by atoms with E-state index in [1.807, 2.05) is 0 Å². The normalized spacial score (nSPS) is 19.9. The van der Waals surface area contributed by atoms with Crippen molar-refractivity contribution in [3.8, 4) is 0 Å². The van der Waals surface area contributed by atoms with Crippen LogP contribution in [0.2, 0.25) is 0 Å². The first-order chi connectivity index (χ1) is 5.00. The van der Waals surface area contributed by atoms with Gasteiger partial charge in [-0.25, -0.2) is 0 Å². The lowest BCUT2D eigenvalue weighted by Crippen LogP contribution is -2.41. The van der Waals surface area contributed by atoms with Gasteiger partial charge in [0.05, 0.1) is 0 Å². The average molecular weight is 195 g/mol. The van der Waals surface area contributed by atoms with E-state index < -0.39 is 0 Å². The van der Waals surface area contributed by atoms with Crippen LogP contribution in [0.4, 0.5) is 0 Å². The van der Waals surface area contributed by atoms with Crippen molar-refractivity contribution in [1.29, 1.82) is 0 Å². The van der Waals surface area contributed by atoms with Crippen molar-refractivity contribution in [3.63, 3.8) is 0 Å². The molecule has 0 amide bonds. The number of hydrogen-bond acceptors (Lipinski definition) is 2. The fourth-order valence-corrected chi connectivity index (χ4v) is 2.38. The summed E-state index contributed by atoms with van der Waals surface area (Å²) in [7, 11) is 7.28. The van der Waals surface area contributed by atoms with Gasteiger partial charge in [-0.2, -0.15) is 0 Å². The number of nitrogens with zero attached hydrogens (tertiary/aromatic N) is 1. The number of methoxy groups -OCH3 is 1. The molecule has 0 saturated carbocycles. The molecule has 0 aromatic heterocycles. The molecule has 0 bridgehead atoms. The molecule has 68 valence electrons. The Hall–Kier alpha value is 0.780. The molecule has 5 atom stereocenters. The molecule has 0 aliphatic heterocycles. The van der Waals surface area contributed by atoms with Crippen molar-refractivity contribution in [2.24, 2.45) is 0 Å². The van der Waals surface area contributed by atoms with E-state index in [1.165, 1.54) is 0 Å². The van der Waals surface area contributed by atoms with Crippen LogP contribution in [0.5, 0.6) is 0 Å². The second-order valence-corrected chi connectivity index (χ2v) is 4.69. The van der Waals surface area contributed by atoms with E-state index in [0.717, 1.165) is 0 Å². The summed E-state index contributed by atoms with van der Waals surface area (Å²) in [5.41, 5.74) is 0. The summed E-state index contributed by atoms with van der Waals surface area (Å²) < 4.78 is 5.23. The van der Waals surface area contributed by atoms with E-state index in [4.69, 9.17) is 4.74 Å². The predicted molar refractivity (Wildman–Crippen MR) is 56.7 cm³/mol. The highest BCUT2D eigenvalue weighted by Crippen LogP contribution is 2.19. The van der Waals surface area contributed by atoms with Crippen LogP contribution in [-0.4, -0.2) is 29.8 Å². The number of rotatable bonds is 4. The van der Waals surface area contributed by atoms with Gasteiger partial charge in [0.15, 0.2) is 0 Å². The van der Waals surface area contributed by atoms with Gasteiger partial charge in [-0.15, -0.1) is 18.5 Å². The largest absolute Gasteiger partial charge is 0.367 e. The first kappa shape index (κ1) is 11.8. The van der Waals surface area contributed by atoms with Crippen molar-refractivity contribution in [1.82, 2.24) is 4.90 Å². The molecule has 0 spiro atoms. The standard InChI is InChI=1S/C7H19NOP2/c1-5(9-4)8(6(2)10)7(3)11/h5-7H,10-11H2,1-4H3. The average Bonchev–Trinajstić information content (AvgIpc) is 1.85. The lowest BCUT2D eigenvalue weighted by molar-refractivity contribution is -0.0266. The van der Waals surface area contributed by atoms with E-state index in [1.54, 1.807) is 7.11 Å². The summed E-state index contributed by atoms with van der Waals surface area (Å²) in [6.07, 6.45) is 0.176. The molecule has 0 rings (SSSR count). The molecule has 0 heterocycles. The monoisotopic (exact) mass is 195 g/mol. The SMILES string of the molecule is COC(C)N(C(C)P)C(C)P. The Morgan fingerprint density at radius 2 is 1.45 bits per heavy atom. The molecule has 0 aromatic carbocycles. The van der Waals surface area contributed by atoms with Gasteiger partial charge in [-0.1, -0.05) is 0 Å². The Balaban J connectivity index is 4.09. The molecule has 0 aliphatic carbocycles. The zero-order valence-electron chi connectivity index (χ0n) is 7.74. The fourth-order valence-electron chi connectivity index (χ4n) is 1.15. The third kappa shape index (κ3) is 3.80. The van der Waals surface area contributed by atoms with Crippen LogP contribution in [0.25, 0.3) is 0 Å². The van der Waals surface area contributed by atoms with Gasteiger partial charge >= 0.3 is 0 Å². The quantitative estimate of drug-likeness (QED) is 0.500. The Labute approximate surface area is 74.5 Å². The second kappa shape index (κ2) is 5.43. The second-order valence-electron chi connectivity index (χ2n) is 2.76. The summed E-state index contributed by atoms with van der Waals surface area (Å²) in [6.45, 7) is 6.34. The van der Waals surface area contributed by atoms with Crippen molar-refractivity contribution in [3.05, 3.63) is 0 Å². The van der Waals surface area contributed by atoms with E-state index in [2.05, 4.69) is 44.2 Å². The minimum absolute atomic E-state index is 0.176. The van der Waals surface area contributed by atoms with Crippen molar-refractivity contribution < 1.29 is 4.74 Å². The zero-order chi connectivity index (χ0) is 9.02. The minimum atomic E-state index is 0.176. The Morgan fingerprint density at radius 3 is 1.55 bits per heavy atom.